The van der Waals surface area contributed by atoms with E-state index in [-0.39, 0.29) is 6.04 Å². The van der Waals surface area contributed by atoms with E-state index >= 15 is 0 Å². The third-order valence-electron chi connectivity index (χ3n) is 2.05. The number of aliphatic hydroxyl groups is 1. The lowest BCUT2D eigenvalue weighted by molar-refractivity contribution is 0.143. The Bertz CT molecular complexity index is 268. The summed E-state index contributed by atoms with van der Waals surface area (Å²) in [5.74, 6) is 0. The fourth-order valence-corrected chi connectivity index (χ4v) is 1.24. The van der Waals surface area contributed by atoms with Gasteiger partial charge in [-0.1, -0.05) is 0 Å². The molecule has 0 aliphatic rings. The minimum atomic E-state index is -0.634. The first-order valence-corrected chi connectivity index (χ1v) is 4.49. The highest BCUT2D eigenvalue weighted by Crippen LogP contribution is 2.18. The molecule has 3 N–H and O–H groups in total. The molecule has 2 atom stereocenters. The summed E-state index contributed by atoms with van der Waals surface area (Å²) >= 11 is 0. The zero-order chi connectivity index (χ0) is 10.0. The van der Waals surface area contributed by atoms with Gasteiger partial charge in [0.25, 0.3) is 0 Å². The lowest BCUT2D eigenvalue weighted by atomic mass is 10.1. The van der Waals surface area contributed by atoms with Gasteiger partial charge in [-0.25, -0.2) is 4.98 Å². The Balaban J connectivity index is 2.93. The largest absolute Gasteiger partial charge is 0.385 e. The van der Waals surface area contributed by atoms with Crippen molar-refractivity contribution in [2.45, 2.75) is 39.0 Å². The van der Waals surface area contributed by atoms with E-state index in [0.717, 1.165) is 5.69 Å². The average Bonchev–Trinajstić information content (AvgIpc) is 2.50. The lowest BCUT2D eigenvalue weighted by Crippen LogP contribution is -2.26. The summed E-state index contributed by atoms with van der Waals surface area (Å²) in [6.07, 6.45) is 2.74. The van der Waals surface area contributed by atoms with Gasteiger partial charge in [0.1, 0.15) is 6.10 Å². The number of aliphatic hydroxyl groups excluding tert-OH is 1. The van der Waals surface area contributed by atoms with Crippen LogP contribution in [0.5, 0.6) is 0 Å². The van der Waals surface area contributed by atoms with Gasteiger partial charge < -0.3 is 15.4 Å². The van der Waals surface area contributed by atoms with Crippen molar-refractivity contribution in [1.82, 2.24) is 9.55 Å². The number of nitrogens with zero attached hydrogens (tertiary/aromatic N) is 2. The zero-order valence-electron chi connectivity index (χ0n) is 8.31. The van der Waals surface area contributed by atoms with Crippen molar-refractivity contribution in [2.75, 3.05) is 0 Å². The highest BCUT2D eigenvalue weighted by atomic mass is 16.3. The summed E-state index contributed by atoms with van der Waals surface area (Å²) in [4.78, 5) is 3.99. The van der Waals surface area contributed by atoms with Crippen LogP contribution in [-0.2, 0) is 0 Å². The van der Waals surface area contributed by atoms with Crippen LogP contribution in [0.2, 0.25) is 0 Å². The van der Waals surface area contributed by atoms with Gasteiger partial charge in [0.05, 0.1) is 18.2 Å². The van der Waals surface area contributed by atoms with Crippen LogP contribution in [0.25, 0.3) is 0 Å². The summed E-state index contributed by atoms with van der Waals surface area (Å²) in [6, 6.07) is 0.0279. The van der Waals surface area contributed by atoms with Crippen molar-refractivity contribution in [3.8, 4) is 0 Å². The quantitative estimate of drug-likeness (QED) is 0.730. The van der Waals surface area contributed by atoms with Gasteiger partial charge in [-0.3, -0.25) is 0 Å². The van der Waals surface area contributed by atoms with Crippen molar-refractivity contribution in [1.29, 1.82) is 0 Å². The second kappa shape index (κ2) is 3.89. The van der Waals surface area contributed by atoms with Gasteiger partial charge in [-0.2, -0.15) is 0 Å². The Morgan fingerprint density at radius 1 is 1.46 bits per heavy atom. The second-order valence-electron chi connectivity index (χ2n) is 3.62. The monoisotopic (exact) mass is 183 g/mol. The SMILES string of the molecule is CC(N)C(O)c1cncn1C(C)C. The van der Waals surface area contributed by atoms with Crippen LogP contribution in [0, 0.1) is 0 Å². The highest BCUT2D eigenvalue weighted by Gasteiger charge is 2.17. The molecule has 1 aromatic rings. The van der Waals surface area contributed by atoms with E-state index in [0.29, 0.717) is 6.04 Å². The molecule has 0 spiro atoms. The highest BCUT2D eigenvalue weighted by molar-refractivity contribution is 5.05. The number of nitrogens with two attached hydrogens (primary N) is 1. The van der Waals surface area contributed by atoms with Crippen molar-refractivity contribution in [3.63, 3.8) is 0 Å². The van der Waals surface area contributed by atoms with E-state index in [1.54, 1.807) is 19.4 Å². The van der Waals surface area contributed by atoms with Crippen LogP contribution >= 0.6 is 0 Å². The molecule has 4 nitrogen and oxygen atoms in total. The number of hydrogen-bond acceptors (Lipinski definition) is 3. The van der Waals surface area contributed by atoms with Crippen molar-refractivity contribution in [2.24, 2.45) is 5.73 Å². The Hall–Kier alpha value is -0.870. The normalized spacial score (nSPS) is 16.2. The Kier molecular flexibility index (Phi) is 3.06. The van der Waals surface area contributed by atoms with Crippen LogP contribution in [0.15, 0.2) is 12.5 Å². The standard InChI is InChI=1S/C9H17N3O/c1-6(2)12-5-11-4-8(12)9(13)7(3)10/h4-7,9,13H,10H2,1-3H3. The zero-order valence-corrected chi connectivity index (χ0v) is 8.31. The average molecular weight is 183 g/mol. The van der Waals surface area contributed by atoms with Gasteiger partial charge in [-0.05, 0) is 20.8 Å². The molecule has 2 unspecified atom stereocenters. The Morgan fingerprint density at radius 2 is 2.08 bits per heavy atom. The third-order valence-corrected chi connectivity index (χ3v) is 2.05. The maximum Gasteiger partial charge on any atom is 0.110 e. The molecule has 0 aliphatic carbocycles. The fourth-order valence-electron chi connectivity index (χ4n) is 1.24. The van der Waals surface area contributed by atoms with Gasteiger partial charge in [0.15, 0.2) is 0 Å². The maximum absolute atomic E-state index is 9.73. The van der Waals surface area contributed by atoms with Gasteiger partial charge in [-0.15, -0.1) is 0 Å². The minimum Gasteiger partial charge on any atom is -0.385 e. The molecule has 1 heterocycles. The molecule has 0 aromatic carbocycles. The number of hydrogen-bond donors (Lipinski definition) is 2. The van der Waals surface area contributed by atoms with E-state index in [2.05, 4.69) is 4.98 Å². The summed E-state index contributed by atoms with van der Waals surface area (Å²) in [7, 11) is 0. The first-order valence-electron chi connectivity index (χ1n) is 4.49. The maximum atomic E-state index is 9.73. The first kappa shape index (κ1) is 10.2. The summed E-state index contributed by atoms with van der Waals surface area (Å²) < 4.78 is 1.92. The van der Waals surface area contributed by atoms with Crippen molar-refractivity contribution < 1.29 is 5.11 Å². The predicted octanol–water partition coefficient (Wildman–Crippen LogP) is 0.845. The van der Waals surface area contributed by atoms with Crippen LogP contribution in [-0.4, -0.2) is 20.7 Å². The van der Waals surface area contributed by atoms with Crippen LogP contribution < -0.4 is 5.73 Å². The molecule has 0 fully saturated rings. The van der Waals surface area contributed by atoms with E-state index < -0.39 is 6.10 Å². The molecule has 0 amide bonds. The number of aromatic nitrogens is 2. The molecule has 74 valence electrons. The van der Waals surface area contributed by atoms with Gasteiger partial charge in [0, 0.05) is 12.1 Å². The number of imidazole rings is 1. The van der Waals surface area contributed by atoms with Crippen LogP contribution in [0.4, 0.5) is 0 Å². The molecule has 13 heavy (non-hydrogen) atoms. The van der Waals surface area contributed by atoms with Gasteiger partial charge >= 0.3 is 0 Å². The molecule has 0 radical (unpaired) electrons. The lowest BCUT2D eigenvalue weighted by Gasteiger charge is -2.18. The first-order chi connectivity index (χ1) is 6.04. The Labute approximate surface area is 78.4 Å². The smallest absolute Gasteiger partial charge is 0.110 e. The minimum absolute atomic E-state index is 0.269. The molecular formula is C9H17N3O. The molecular weight excluding hydrogens is 166 g/mol. The van der Waals surface area contributed by atoms with E-state index in [1.165, 1.54) is 0 Å². The summed E-state index contributed by atoms with van der Waals surface area (Å²) in [5, 5.41) is 9.73. The molecule has 0 saturated heterocycles. The predicted molar refractivity (Wildman–Crippen MR) is 51.2 cm³/mol. The summed E-state index contributed by atoms with van der Waals surface area (Å²) in [6.45, 7) is 5.86. The van der Waals surface area contributed by atoms with Gasteiger partial charge in [0.2, 0.25) is 0 Å². The van der Waals surface area contributed by atoms with E-state index in [9.17, 15) is 5.11 Å². The molecule has 0 aliphatic heterocycles. The molecule has 4 heteroatoms. The Morgan fingerprint density at radius 3 is 2.54 bits per heavy atom. The molecule has 0 bridgehead atoms. The van der Waals surface area contributed by atoms with E-state index in [1.807, 2.05) is 18.4 Å². The summed E-state index contributed by atoms with van der Waals surface area (Å²) in [5.41, 5.74) is 6.39. The van der Waals surface area contributed by atoms with Crippen LogP contribution in [0.1, 0.15) is 38.6 Å². The number of rotatable bonds is 3. The van der Waals surface area contributed by atoms with E-state index in [4.69, 9.17) is 5.73 Å². The second-order valence-corrected chi connectivity index (χ2v) is 3.62. The van der Waals surface area contributed by atoms with Crippen molar-refractivity contribution >= 4 is 0 Å². The molecule has 1 aromatic heterocycles. The fraction of sp³-hybridized carbons (Fsp3) is 0.667. The molecule has 0 saturated carbocycles. The van der Waals surface area contributed by atoms with Crippen LogP contribution in [0.3, 0.4) is 0 Å². The molecule has 1 rings (SSSR count). The topological polar surface area (TPSA) is 64.1 Å². The van der Waals surface area contributed by atoms with Crippen molar-refractivity contribution in [3.05, 3.63) is 18.2 Å². The third kappa shape index (κ3) is 2.08.